The van der Waals surface area contributed by atoms with Gasteiger partial charge in [0.25, 0.3) is 0 Å². The van der Waals surface area contributed by atoms with Gasteiger partial charge in [-0.1, -0.05) is 24.3 Å². The van der Waals surface area contributed by atoms with Crippen LogP contribution in [-0.2, 0) is 59.8 Å². The lowest BCUT2D eigenvalue weighted by molar-refractivity contribution is -0.367. The average Bonchev–Trinajstić information content (AvgIpc) is 3.33. The normalized spacial score (nSPS) is 23.7. The molecule has 0 radical (unpaired) electrons. The Hall–Kier alpha value is -3.87. The fourth-order valence-corrected chi connectivity index (χ4v) is 6.11. The van der Waals surface area contributed by atoms with Gasteiger partial charge >= 0.3 is 23.9 Å². The molecule has 0 saturated carbocycles. The number of hydrogen-bond acceptors (Lipinski definition) is 11. The first-order valence-electron chi connectivity index (χ1n) is 13.1. The van der Waals surface area contributed by atoms with E-state index < -0.39 is 66.5 Å². The Kier molecular flexibility index (Phi) is 9.60. The molecule has 1 aliphatic rings. The number of hydrogen-bond donors (Lipinski definition) is 0. The minimum atomic E-state index is -2.00. The highest BCUT2D eigenvalue weighted by Crippen LogP contribution is 2.44. The van der Waals surface area contributed by atoms with Crippen LogP contribution in [0.1, 0.15) is 43.7 Å². The van der Waals surface area contributed by atoms with Crippen LogP contribution in [0.3, 0.4) is 0 Å². The Morgan fingerprint density at radius 3 is 2.17 bits per heavy atom. The number of halogens is 1. The van der Waals surface area contributed by atoms with Crippen molar-refractivity contribution < 1.29 is 52.0 Å². The lowest BCUT2D eigenvalue weighted by Gasteiger charge is -2.50. The molecule has 42 heavy (non-hydrogen) atoms. The van der Waals surface area contributed by atoms with Crippen LogP contribution in [0.15, 0.2) is 48.5 Å². The Bertz CT molecular complexity index is 1450. The minimum Gasteiger partial charge on any atom is -0.463 e. The number of esters is 4. The summed E-state index contributed by atoms with van der Waals surface area (Å²) in [6.07, 6.45) is -5.36. The molecule has 0 bridgehead atoms. The van der Waals surface area contributed by atoms with E-state index in [1.165, 1.54) is 43.6 Å². The van der Waals surface area contributed by atoms with Gasteiger partial charge in [-0.2, -0.15) is 0 Å². The molecule has 5 atom stereocenters. The highest BCUT2D eigenvalue weighted by molar-refractivity contribution is 7.19. The van der Waals surface area contributed by atoms with Crippen LogP contribution < -0.4 is 0 Å². The van der Waals surface area contributed by atoms with Crippen molar-refractivity contribution in [1.29, 1.82) is 0 Å². The lowest BCUT2D eigenvalue weighted by Crippen LogP contribution is -2.67. The molecule has 1 fully saturated rings. The number of rotatable bonds is 9. The molecule has 1 aromatic heterocycles. The summed E-state index contributed by atoms with van der Waals surface area (Å²) >= 11 is 1.53. The fourth-order valence-electron chi connectivity index (χ4n) is 5.02. The van der Waals surface area contributed by atoms with Crippen LogP contribution >= 0.6 is 11.3 Å². The van der Waals surface area contributed by atoms with Crippen molar-refractivity contribution in [3.63, 3.8) is 0 Å². The highest BCUT2D eigenvalue weighted by atomic mass is 32.1. The number of benzene rings is 2. The van der Waals surface area contributed by atoms with Crippen LogP contribution in [0.5, 0.6) is 0 Å². The van der Waals surface area contributed by atoms with Gasteiger partial charge in [0.2, 0.25) is 11.9 Å². The van der Waals surface area contributed by atoms with Crippen LogP contribution in [-0.4, -0.2) is 62.0 Å². The summed E-state index contributed by atoms with van der Waals surface area (Å²) in [5.41, 5.74) is 0.517. The van der Waals surface area contributed by atoms with Crippen molar-refractivity contribution in [2.45, 2.75) is 64.3 Å². The predicted octanol–water partition coefficient (Wildman–Crippen LogP) is 4.19. The molecule has 0 aliphatic carbocycles. The van der Waals surface area contributed by atoms with Crippen molar-refractivity contribution in [2.75, 3.05) is 13.7 Å². The molecule has 2 aromatic carbocycles. The Labute approximate surface area is 245 Å². The summed E-state index contributed by atoms with van der Waals surface area (Å²) in [5.74, 6) is -5.47. The minimum absolute atomic E-state index is 0.222. The van der Waals surface area contributed by atoms with E-state index in [-0.39, 0.29) is 12.0 Å². The summed E-state index contributed by atoms with van der Waals surface area (Å²) in [6, 6.07) is 13.9. The van der Waals surface area contributed by atoms with E-state index in [9.17, 15) is 19.2 Å². The molecule has 3 aromatic rings. The first-order chi connectivity index (χ1) is 19.9. The molecular formula is C30H31FO10S. The molecule has 0 N–H and O–H groups in total. The van der Waals surface area contributed by atoms with Gasteiger partial charge in [0.15, 0.2) is 12.2 Å². The molecule has 0 spiro atoms. The molecule has 2 heterocycles. The molecule has 4 rings (SSSR count). The number of carbonyl (C=O) groups is 4. The Morgan fingerprint density at radius 2 is 1.55 bits per heavy atom. The first-order valence-corrected chi connectivity index (χ1v) is 13.9. The molecule has 224 valence electrons. The number of methoxy groups -OCH3 is 1. The summed E-state index contributed by atoms with van der Waals surface area (Å²) in [6.45, 7) is 4.14. The Balaban J connectivity index is 1.84. The summed E-state index contributed by atoms with van der Waals surface area (Å²) < 4.78 is 50.3. The maximum absolute atomic E-state index is 15.2. The van der Waals surface area contributed by atoms with Gasteiger partial charge in [0.05, 0.1) is 0 Å². The van der Waals surface area contributed by atoms with Crippen LogP contribution in [0.25, 0.3) is 10.1 Å². The topological polar surface area (TPSA) is 124 Å². The van der Waals surface area contributed by atoms with Gasteiger partial charge in [-0.3, -0.25) is 19.2 Å². The van der Waals surface area contributed by atoms with Crippen molar-refractivity contribution in [1.82, 2.24) is 0 Å². The average molecular weight is 603 g/mol. The van der Waals surface area contributed by atoms with Crippen molar-refractivity contribution in [3.05, 3.63) is 70.4 Å². The Morgan fingerprint density at radius 1 is 0.881 bits per heavy atom. The zero-order valence-corrected chi connectivity index (χ0v) is 24.5. The third-order valence-electron chi connectivity index (χ3n) is 6.63. The molecule has 0 amide bonds. The molecule has 1 aliphatic heterocycles. The smallest absolute Gasteiger partial charge is 0.303 e. The van der Waals surface area contributed by atoms with Gasteiger partial charge in [0, 0.05) is 56.4 Å². The third-order valence-corrected chi connectivity index (χ3v) is 7.75. The van der Waals surface area contributed by atoms with E-state index in [0.717, 1.165) is 35.7 Å². The molecule has 0 unspecified atom stereocenters. The maximum atomic E-state index is 15.2. The fraction of sp³-hybridized carbons (Fsp3) is 0.400. The van der Waals surface area contributed by atoms with Gasteiger partial charge in [0.1, 0.15) is 18.5 Å². The molecule has 12 heteroatoms. The quantitative estimate of drug-likeness (QED) is 0.260. The maximum Gasteiger partial charge on any atom is 0.303 e. The van der Waals surface area contributed by atoms with E-state index in [0.29, 0.717) is 5.56 Å². The SMILES string of the molecule is CO[C@@]1(c2ccc(F)c(Cc3cc4ccccc4s3)c2)O[C@H](COC(C)=O)[C@@H](OC(C)=O)[C@H](OC(C)=O)[C@H]1OC(C)=O. The standard InChI is InChI=1S/C30H31FO10S/c1-16(32)37-15-25-27(38-17(2)33)28(39-18(3)34)29(40-19(4)35)30(36-5,41-25)22-10-11-24(31)21(12-22)14-23-13-20-8-6-7-9-26(20)42-23/h6-13,25,27-29H,14-15H2,1-5H3/t25-,27-,28+,29-,30+/m1/s1. The van der Waals surface area contributed by atoms with E-state index in [4.69, 9.17) is 28.4 Å². The second kappa shape index (κ2) is 13.0. The van der Waals surface area contributed by atoms with Crippen molar-refractivity contribution >= 4 is 45.3 Å². The van der Waals surface area contributed by atoms with Crippen LogP contribution in [0, 0.1) is 5.82 Å². The van der Waals surface area contributed by atoms with Crippen LogP contribution in [0.2, 0.25) is 0 Å². The second-order valence-corrected chi connectivity index (χ2v) is 10.9. The summed E-state index contributed by atoms with van der Waals surface area (Å²) in [4.78, 5) is 49.3. The zero-order chi connectivity index (χ0) is 30.6. The first kappa shape index (κ1) is 31.1. The van der Waals surface area contributed by atoms with Crippen molar-refractivity contribution in [3.8, 4) is 0 Å². The van der Waals surface area contributed by atoms with Crippen molar-refractivity contribution in [2.24, 2.45) is 0 Å². The molecular weight excluding hydrogens is 571 g/mol. The van der Waals surface area contributed by atoms with Gasteiger partial charge in [-0.15, -0.1) is 11.3 Å². The zero-order valence-electron chi connectivity index (χ0n) is 23.7. The number of thiophene rings is 1. The predicted molar refractivity (Wildman–Crippen MR) is 148 cm³/mol. The molecule has 10 nitrogen and oxygen atoms in total. The summed E-state index contributed by atoms with van der Waals surface area (Å²) in [7, 11) is 1.27. The largest absolute Gasteiger partial charge is 0.463 e. The van der Waals surface area contributed by atoms with Gasteiger partial charge in [-0.05, 0) is 35.2 Å². The number of ether oxygens (including phenoxy) is 6. The van der Waals surface area contributed by atoms with E-state index >= 15 is 4.39 Å². The lowest BCUT2D eigenvalue weighted by atomic mass is 9.86. The van der Waals surface area contributed by atoms with E-state index in [1.807, 2.05) is 30.3 Å². The second-order valence-electron chi connectivity index (χ2n) is 9.74. The number of carbonyl (C=O) groups excluding carboxylic acids is 4. The van der Waals surface area contributed by atoms with Crippen LogP contribution in [0.4, 0.5) is 4.39 Å². The van der Waals surface area contributed by atoms with Gasteiger partial charge < -0.3 is 28.4 Å². The highest BCUT2D eigenvalue weighted by Gasteiger charge is 2.61. The number of fused-ring (bicyclic) bond motifs is 1. The summed E-state index contributed by atoms with van der Waals surface area (Å²) in [5, 5.41) is 1.03. The molecule has 1 saturated heterocycles. The van der Waals surface area contributed by atoms with Gasteiger partial charge in [-0.25, -0.2) is 4.39 Å². The third kappa shape index (κ3) is 6.77. The van der Waals surface area contributed by atoms with E-state index in [1.54, 1.807) is 0 Å². The van der Waals surface area contributed by atoms with E-state index in [2.05, 4.69) is 0 Å². The monoisotopic (exact) mass is 602 g/mol.